The quantitative estimate of drug-likeness (QED) is 0.573. The molecular weight excluding hydrogens is 366 g/mol. The molecule has 0 spiro atoms. The van der Waals surface area contributed by atoms with Gasteiger partial charge in [0.1, 0.15) is 17.8 Å². The minimum atomic E-state index is -0.266. The minimum absolute atomic E-state index is 0.260. The summed E-state index contributed by atoms with van der Waals surface area (Å²) in [4.78, 5) is 26.7. The van der Waals surface area contributed by atoms with E-state index >= 15 is 0 Å². The molecule has 7 heteroatoms. The summed E-state index contributed by atoms with van der Waals surface area (Å²) in [6.45, 7) is 3.76. The molecule has 0 radical (unpaired) electrons. The molecule has 1 aliphatic heterocycles. The second-order valence-corrected chi connectivity index (χ2v) is 7.91. The number of aromatic nitrogens is 4. The minimum Gasteiger partial charge on any atom is -0.445 e. The van der Waals surface area contributed by atoms with E-state index in [1.54, 1.807) is 6.20 Å². The maximum Gasteiger partial charge on any atom is 0.410 e. The average molecular weight is 389 g/mol. The van der Waals surface area contributed by atoms with E-state index in [4.69, 9.17) is 4.74 Å². The van der Waals surface area contributed by atoms with Crippen LogP contribution in [0.3, 0.4) is 0 Å². The van der Waals surface area contributed by atoms with E-state index in [0.29, 0.717) is 13.1 Å². The fourth-order valence-corrected chi connectivity index (χ4v) is 4.30. The Morgan fingerprint density at radius 1 is 1.24 bits per heavy atom. The van der Waals surface area contributed by atoms with Crippen LogP contribution < -0.4 is 0 Å². The van der Waals surface area contributed by atoms with Crippen molar-refractivity contribution in [2.45, 2.75) is 31.9 Å². The normalized spacial score (nSPS) is 19.7. The first-order chi connectivity index (χ1) is 14.1. The summed E-state index contributed by atoms with van der Waals surface area (Å²) in [6, 6.07) is 11.8. The third-order valence-electron chi connectivity index (χ3n) is 5.81. The molecule has 1 unspecified atom stereocenters. The number of piperidine rings is 1. The summed E-state index contributed by atoms with van der Waals surface area (Å²) >= 11 is 0. The zero-order valence-corrected chi connectivity index (χ0v) is 16.3. The number of ether oxygens (including phenoxy) is 1. The van der Waals surface area contributed by atoms with Crippen LogP contribution in [0, 0.1) is 0 Å². The van der Waals surface area contributed by atoms with Crippen LogP contribution in [0.15, 0.2) is 55.1 Å². The van der Waals surface area contributed by atoms with Crippen molar-refractivity contribution >= 4 is 28.2 Å². The summed E-state index contributed by atoms with van der Waals surface area (Å²) in [5.74, 6) is 0. The lowest BCUT2D eigenvalue weighted by molar-refractivity contribution is 0.0614. The number of rotatable bonds is 3. The number of carbonyl (C=O) groups excluding carboxylic acids is 1. The van der Waals surface area contributed by atoms with Crippen LogP contribution in [0.5, 0.6) is 0 Å². The molecule has 148 valence electrons. The molecule has 4 aromatic rings. The Kier molecular flexibility index (Phi) is 4.23. The Hall–Kier alpha value is -3.35. The molecular formula is C22H23N5O2. The van der Waals surface area contributed by atoms with Crippen LogP contribution in [-0.4, -0.2) is 43.6 Å². The first-order valence-electron chi connectivity index (χ1n) is 9.89. The second-order valence-electron chi connectivity index (χ2n) is 7.91. The van der Waals surface area contributed by atoms with Gasteiger partial charge < -0.3 is 19.2 Å². The van der Waals surface area contributed by atoms with Gasteiger partial charge in [0, 0.05) is 24.7 Å². The lowest BCUT2D eigenvalue weighted by atomic mass is 9.90. The van der Waals surface area contributed by atoms with Crippen molar-refractivity contribution in [3.05, 3.63) is 60.7 Å². The predicted molar refractivity (Wildman–Crippen MR) is 110 cm³/mol. The van der Waals surface area contributed by atoms with E-state index in [1.165, 1.54) is 0 Å². The highest BCUT2D eigenvalue weighted by atomic mass is 16.6. The molecule has 0 aliphatic carbocycles. The van der Waals surface area contributed by atoms with Gasteiger partial charge in [-0.25, -0.2) is 14.8 Å². The van der Waals surface area contributed by atoms with E-state index < -0.39 is 0 Å². The van der Waals surface area contributed by atoms with Crippen LogP contribution in [0.4, 0.5) is 4.79 Å². The van der Waals surface area contributed by atoms with Crippen molar-refractivity contribution in [3.63, 3.8) is 0 Å². The van der Waals surface area contributed by atoms with Gasteiger partial charge in [-0.05, 0) is 31.4 Å². The number of pyridine rings is 1. The first kappa shape index (κ1) is 17.7. The average Bonchev–Trinajstić information content (AvgIpc) is 3.39. The number of H-pyrrole nitrogens is 1. The van der Waals surface area contributed by atoms with E-state index in [2.05, 4.69) is 26.4 Å². The Labute approximate surface area is 168 Å². The van der Waals surface area contributed by atoms with E-state index in [-0.39, 0.29) is 18.2 Å². The van der Waals surface area contributed by atoms with E-state index in [1.807, 2.05) is 53.8 Å². The Morgan fingerprint density at radius 3 is 2.97 bits per heavy atom. The number of likely N-dealkylation sites (tertiary alicyclic amines) is 1. The van der Waals surface area contributed by atoms with Crippen LogP contribution in [0.25, 0.3) is 22.1 Å². The van der Waals surface area contributed by atoms with Gasteiger partial charge in [-0.3, -0.25) is 0 Å². The van der Waals surface area contributed by atoms with Crippen molar-refractivity contribution in [2.24, 2.45) is 0 Å². The Morgan fingerprint density at radius 2 is 2.10 bits per heavy atom. The van der Waals surface area contributed by atoms with Crippen LogP contribution in [0.2, 0.25) is 0 Å². The van der Waals surface area contributed by atoms with Crippen molar-refractivity contribution in [1.82, 2.24) is 24.4 Å². The monoisotopic (exact) mass is 389 g/mol. The van der Waals surface area contributed by atoms with Crippen molar-refractivity contribution in [3.8, 4) is 0 Å². The molecule has 4 heterocycles. The molecule has 1 saturated heterocycles. The summed E-state index contributed by atoms with van der Waals surface area (Å²) in [6.07, 6.45) is 7.18. The number of imidazole rings is 1. The third kappa shape index (κ3) is 3.12. The first-order valence-corrected chi connectivity index (χ1v) is 9.89. The summed E-state index contributed by atoms with van der Waals surface area (Å²) in [7, 11) is 0. The Balaban J connectivity index is 1.40. The molecule has 3 aromatic heterocycles. The molecule has 1 aromatic carbocycles. The molecule has 1 atom stereocenters. The summed E-state index contributed by atoms with van der Waals surface area (Å²) in [5, 5.41) is 1.05. The van der Waals surface area contributed by atoms with Crippen molar-refractivity contribution < 1.29 is 9.53 Å². The van der Waals surface area contributed by atoms with Gasteiger partial charge in [-0.15, -0.1) is 0 Å². The van der Waals surface area contributed by atoms with Crippen molar-refractivity contribution in [1.29, 1.82) is 0 Å². The highest BCUT2D eigenvalue weighted by molar-refractivity contribution is 6.01. The predicted octanol–water partition coefficient (Wildman–Crippen LogP) is 4.06. The molecule has 0 saturated carbocycles. The highest BCUT2D eigenvalue weighted by Crippen LogP contribution is 2.34. The summed E-state index contributed by atoms with van der Waals surface area (Å²) in [5.41, 5.74) is 3.49. The number of benzene rings is 1. The van der Waals surface area contributed by atoms with Crippen LogP contribution >= 0.6 is 0 Å². The fraction of sp³-hybridized carbons (Fsp3) is 0.318. The van der Waals surface area contributed by atoms with Gasteiger partial charge in [0.25, 0.3) is 0 Å². The van der Waals surface area contributed by atoms with Gasteiger partial charge >= 0.3 is 6.09 Å². The maximum atomic E-state index is 12.7. The fourth-order valence-electron chi connectivity index (χ4n) is 4.30. The number of hydrogen-bond acceptors (Lipinski definition) is 4. The van der Waals surface area contributed by atoms with Crippen LogP contribution in [-0.2, 0) is 16.9 Å². The summed E-state index contributed by atoms with van der Waals surface area (Å²) < 4.78 is 7.78. The number of nitrogens with zero attached hydrogens (tertiary/aromatic N) is 4. The molecule has 1 N–H and O–H groups in total. The number of nitrogens with one attached hydrogen (secondary N) is 1. The standard InChI is InChI=1S/C22H23N5O2/c1-22(27-15-25-18-12-24-20-17(19(18)27)8-10-23-20)9-5-11-26(14-22)21(28)29-13-16-6-3-2-4-7-16/h2-4,6-8,10,12,15H,5,9,11,13-14H2,1H3,(H,23,24). The third-order valence-corrected chi connectivity index (χ3v) is 5.81. The number of aromatic amines is 1. The molecule has 1 amide bonds. The largest absolute Gasteiger partial charge is 0.445 e. The lowest BCUT2D eigenvalue weighted by Crippen LogP contribution is -2.50. The van der Waals surface area contributed by atoms with Gasteiger partial charge in [0.05, 0.1) is 23.6 Å². The van der Waals surface area contributed by atoms with Gasteiger partial charge in [-0.2, -0.15) is 0 Å². The van der Waals surface area contributed by atoms with Gasteiger partial charge in [-0.1, -0.05) is 30.3 Å². The smallest absolute Gasteiger partial charge is 0.410 e. The zero-order chi connectivity index (χ0) is 19.8. The second kappa shape index (κ2) is 6.92. The van der Waals surface area contributed by atoms with Crippen molar-refractivity contribution in [2.75, 3.05) is 13.1 Å². The molecule has 1 aliphatic rings. The highest BCUT2D eigenvalue weighted by Gasteiger charge is 2.36. The molecule has 29 heavy (non-hydrogen) atoms. The lowest BCUT2D eigenvalue weighted by Gasteiger charge is -2.41. The Bertz CT molecular complexity index is 1170. The number of hydrogen-bond donors (Lipinski definition) is 1. The van der Waals surface area contributed by atoms with Crippen LogP contribution in [0.1, 0.15) is 25.3 Å². The van der Waals surface area contributed by atoms with Gasteiger partial charge in [0.15, 0.2) is 0 Å². The molecule has 1 fully saturated rings. The van der Waals surface area contributed by atoms with Gasteiger partial charge in [0.2, 0.25) is 0 Å². The molecule has 5 rings (SSSR count). The number of amides is 1. The SMILES string of the molecule is CC1(n2cnc3cnc4[nH]ccc4c32)CCCN(C(=O)OCc2ccccc2)C1. The van der Waals surface area contributed by atoms with E-state index in [9.17, 15) is 4.79 Å². The molecule has 7 nitrogen and oxygen atoms in total. The van der Waals surface area contributed by atoms with E-state index in [0.717, 1.165) is 40.5 Å². The maximum absolute atomic E-state index is 12.7. The topological polar surface area (TPSA) is 76.0 Å². The molecule has 0 bridgehead atoms. The zero-order valence-electron chi connectivity index (χ0n) is 16.3. The number of fused-ring (bicyclic) bond motifs is 3. The number of carbonyl (C=O) groups is 1.